The molecule has 3 rings (SSSR count). The number of nitrogens with zero attached hydrogens (tertiary/aromatic N) is 2. The van der Waals surface area contributed by atoms with Gasteiger partial charge in [0.1, 0.15) is 11.6 Å². The van der Waals surface area contributed by atoms with E-state index in [1.807, 2.05) is 36.0 Å². The van der Waals surface area contributed by atoms with Crippen LogP contribution in [0.1, 0.15) is 0 Å². The Hall–Kier alpha value is -2.69. The standard InChI is InChI=1S/C15H15N3O2/c1-18-6-4-10-7-14(13(19-2)9-12(10)18)20-11-3-5-17-15(16)8-11/h3-9H,1-2H3,(H2,16,17). The summed E-state index contributed by atoms with van der Waals surface area (Å²) in [5.41, 5.74) is 6.74. The van der Waals surface area contributed by atoms with E-state index in [0.29, 0.717) is 23.1 Å². The van der Waals surface area contributed by atoms with E-state index in [4.69, 9.17) is 15.2 Å². The molecule has 3 aromatic rings. The lowest BCUT2D eigenvalue weighted by molar-refractivity contribution is 0.379. The number of aryl methyl sites for hydroxylation is 1. The largest absolute Gasteiger partial charge is 0.493 e. The summed E-state index contributed by atoms with van der Waals surface area (Å²) in [6.45, 7) is 0. The molecule has 0 unspecified atom stereocenters. The van der Waals surface area contributed by atoms with Gasteiger partial charge in [0.2, 0.25) is 0 Å². The second-order valence-corrected chi connectivity index (χ2v) is 4.51. The number of methoxy groups -OCH3 is 1. The Bertz CT molecular complexity index is 765. The molecular weight excluding hydrogens is 254 g/mol. The van der Waals surface area contributed by atoms with Crippen LogP contribution in [0.25, 0.3) is 10.9 Å². The van der Waals surface area contributed by atoms with Crippen molar-refractivity contribution in [2.24, 2.45) is 7.05 Å². The molecule has 0 radical (unpaired) electrons. The Labute approximate surface area is 116 Å². The van der Waals surface area contributed by atoms with Crippen molar-refractivity contribution >= 4 is 16.7 Å². The Kier molecular flexibility index (Phi) is 2.95. The zero-order valence-corrected chi connectivity index (χ0v) is 11.3. The van der Waals surface area contributed by atoms with Crippen LogP contribution in [0.3, 0.4) is 0 Å². The van der Waals surface area contributed by atoms with Crippen LogP contribution in [0.4, 0.5) is 5.82 Å². The van der Waals surface area contributed by atoms with Crippen molar-refractivity contribution in [2.45, 2.75) is 0 Å². The summed E-state index contributed by atoms with van der Waals surface area (Å²) in [6.07, 6.45) is 3.61. The van der Waals surface area contributed by atoms with Gasteiger partial charge in [-0.2, -0.15) is 0 Å². The smallest absolute Gasteiger partial charge is 0.170 e. The first-order valence-electron chi connectivity index (χ1n) is 6.20. The molecule has 0 aliphatic heterocycles. The molecule has 5 nitrogen and oxygen atoms in total. The average molecular weight is 269 g/mol. The van der Waals surface area contributed by atoms with Crippen molar-refractivity contribution < 1.29 is 9.47 Å². The van der Waals surface area contributed by atoms with Crippen molar-refractivity contribution in [3.05, 3.63) is 42.7 Å². The van der Waals surface area contributed by atoms with Crippen LogP contribution in [-0.2, 0) is 7.05 Å². The predicted octanol–water partition coefficient (Wildman–Crippen LogP) is 2.96. The van der Waals surface area contributed by atoms with E-state index in [-0.39, 0.29) is 0 Å². The maximum Gasteiger partial charge on any atom is 0.170 e. The number of benzene rings is 1. The molecule has 0 aliphatic carbocycles. The lowest BCUT2D eigenvalue weighted by Gasteiger charge is -2.11. The highest BCUT2D eigenvalue weighted by Gasteiger charge is 2.10. The Morgan fingerprint density at radius 3 is 2.75 bits per heavy atom. The maximum atomic E-state index is 5.84. The van der Waals surface area contributed by atoms with Gasteiger partial charge in [0.05, 0.1) is 12.6 Å². The van der Waals surface area contributed by atoms with Gasteiger partial charge >= 0.3 is 0 Å². The number of ether oxygens (including phenoxy) is 2. The fourth-order valence-corrected chi connectivity index (χ4v) is 2.13. The van der Waals surface area contributed by atoms with Gasteiger partial charge < -0.3 is 19.8 Å². The summed E-state index contributed by atoms with van der Waals surface area (Å²) in [5, 5.41) is 1.09. The molecule has 1 aromatic carbocycles. The third-order valence-corrected chi connectivity index (χ3v) is 3.15. The Balaban J connectivity index is 2.05. The van der Waals surface area contributed by atoms with Crippen LogP contribution in [-0.4, -0.2) is 16.7 Å². The molecule has 2 N–H and O–H groups in total. The molecule has 0 saturated heterocycles. The van der Waals surface area contributed by atoms with Gasteiger partial charge in [-0.3, -0.25) is 0 Å². The molecule has 2 heterocycles. The first-order chi connectivity index (χ1) is 9.67. The van der Waals surface area contributed by atoms with Crippen LogP contribution in [0.5, 0.6) is 17.2 Å². The predicted molar refractivity (Wildman–Crippen MR) is 78.2 cm³/mol. The number of hydrogen-bond donors (Lipinski definition) is 1. The third kappa shape index (κ3) is 2.14. The summed E-state index contributed by atoms with van der Waals surface area (Å²) in [4.78, 5) is 3.94. The summed E-state index contributed by atoms with van der Waals surface area (Å²) >= 11 is 0. The van der Waals surface area contributed by atoms with Gasteiger partial charge in [0.25, 0.3) is 0 Å². The zero-order chi connectivity index (χ0) is 14.1. The van der Waals surface area contributed by atoms with Crippen LogP contribution in [0, 0.1) is 0 Å². The number of hydrogen-bond acceptors (Lipinski definition) is 4. The van der Waals surface area contributed by atoms with E-state index in [9.17, 15) is 0 Å². The number of pyridine rings is 1. The van der Waals surface area contributed by atoms with Crippen molar-refractivity contribution in [3.63, 3.8) is 0 Å². The van der Waals surface area contributed by atoms with Gasteiger partial charge in [-0.1, -0.05) is 0 Å². The van der Waals surface area contributed by atoms with Gasteiger partial charge in [-0.25, -0.2) is 4.98 Å². The van der Waals surface area contributed by atoms with E-state index in [1.165, 1.54) is 0 Å². The van der Waals surface area contributed by atoms with Gasteiger partial charge in [0, 0.05) is 37.0 Å². The fraction of sp³-hybridized carbons (Fsp3) is 0.133. The average Bonchev–Trinajstić information content (AvgIpc) is 2.79. The lowest BCUT2D eigenvalue weighted by atomic mass is 10.2. The second-order valence-electron chi connectivity index (χ2n) is 4.51. The molecule has 0 amide bonds. The Morgan fingerprint density at radius 2 is 2.00 bits per heavy atom. The lowest BCUT2D eigenvalue weighted by Crippen LogP contribution is -1.94. The minimum absolute atomic E-state index is 0.419. The SMILES string of the molecule is COc1cc2c(ccn2C)cc1Oc1ccnc(N)c1. The molecule has 2 aromatic heterocycles. The van der Waals surface area contributed by atoms with E-state index < -0.39 is 0 Å². The Morgan fingerprint density at radius 1 is 1.15 bits per heavy atom. The molecular formula is C15H15N3O2. The third-order valence-electron chi connectivity index (χ3n) is 3.15. The normalized spacial score (nSPS) is 10.7. The minimum atomic E-state index is 0.419. The van der Waals surface area contributed by atoms with Gasteiger partial charge in [-0.05, 0) is 18.2 Å². The number of aromatic nitrogens is 2. The topological polar surface area (TPSA) is 62.3 Å². The van der Waals surface area contributed by atoms with Crippen molar-refractivity contribution in [3.8, 4) is 17.2 Å². The molecule has 0 saturated carbocycles. The quantitative estimate of drug-likeness (QED) is 0.794. The van der Waals surface area contributed by atoms with E-state index in [2.05, 4.69) is 4.98 Å². The van der Waals surface area contributed by atoms with E-state index in [1.54, 1.807) is 25.4 Å². The minimum Gasteiger partial charge on any atom is -0.493 e. The molecule has 0 atom stereocenters. The molecule has 5 heteroatoms. The number of fused-ring (bicyclic) bond motifs is 1. The van der Waals surface area contributed by atoms with E-state index >= 15 is 0 Å². The monoisotopic (exact) mass is 269 g/mol. The molecule has 0 bridgehead atoms. The maximum absolute atomic E-state index is 5.84. The molecule has 0 aliphatic rings. The number of nitrogens with two attached hydrogens (primary N) is 1. The van der Waals surface area contributed by atoms with Gasteiger partial charge in [0.15, 0.2) is 11.5 Å². The van der Waals surface area contributed by atoms with Crippen molar-refractivity contribution in [2.75, 3.05) is 12.8 Å². The van der Waals surface area contributed by atoms with Crippen LogP contribution < -0.4 is 15.2 Å². The van der Waals surface area contributed by atoms with Crippen LogP contribution in [0.15, 0.2) is 42.7 Å². The van der Waals surface area contributed by atoms with Gasteiger partial charge in [-0.15, -0.1) is 0 Å². The fourth-order valence-electron chi connectivity index (χ4n) is 2.13. The molecule has 0 spiro atoms. The number of anilines is 1. The first kappa shape index (κ1) is 12.3. The van der Waals surface area contributed by atoms with Crippen molar-refractivity contribution in [1.29, 1.82) is 0 Å². The van der Waals surface area contributed by atoms with Crippen LogP contribution in [0.2, 0.25) is 0 Å². The molecule has 20 heavy (non-hydrogen) atoms. The molecule has 0 fully saturated rings. The number of nitrogen functional groups attached to an aromatic ring is 1. The summed E-state index contributed by atoms with van der Waals surface area (Å²) in [5.74, 6) is 2.37. The highest BCUT2D eigenvalue weighted by atomic mass is 16.5. The summed E-state index contributed by atoms with van der Waals surface area (Å²) < 4.78 is 13.3. The van der Waals surface area contributed by atoms with Crippen LogP contribution >= 0.6 is 0 Å². The number of rotatable bonds is 3. The summed E-state index contributed by atoms with van der Waals surface area (Å²) in [6, 6.07) is 9.36. The second kappa shape index (κ2) is 4.77. The molecule has 102 valence electrons. The first-order valence-corrected chi connectivity index (χ1v) is 6.20. The van der Waals surface area contributed by atoms with Crippen molar-refractivity contribution in [1.82, 2.24) is 9.55 Å². The van der Waals surface area contributed by atoms with E-state index in [0.717, 1.165) is 10.9 Å². The summed E-state index contributed by atoms with van der Waals surface area (Å²) in [7, 11) is 3.61. The highest BCUT2D eigenvalue weighted by molar-refractivity contribution is 5.84. The zero-order valence-electron chi connectivity index (χ0n) is 11.3. The highest BCUT2D eigenvalue weighted by Crippen LogP contribution is 2.35.